The number of hydrogen-bond donors (Lipinski definition) is 1. The number of rotatable bonds is 2. The molecule has 0 saturated carbocycles. The van der Waals surface area contributed by atoms with Gasteiger partial charge in [-0.15, -0.1) is 0 Å². The van der Waals surface area contributed by atoms with E-state index >= 15 is 0 Å². The van der Waals surface area contributed by atoms with Crippen molar-refractivity contribution >= 4 is 0 Å². The number of benzene rings is 1. The Morgan fingerprint density at radius 2 is 2.07 bits per heavy atom. The number of aliphatic hydroxyl groups excluding tert-OH is 1. The summed E-state index contributed by atoms with van der Waals surface area (Å²) in [5, 5.41) is 9.43. The van der Waals surface area contributed by atoms with E-state index in [1.165, 1.54) is 5.56 Å². The largest absolute Gasteiger partial charge is 0.388 e. The first-order valence-electron chi connectivity index (χ1n) is 4.95. The second-order valence-electron chi connectivity index (χ2n) is 3.68. The van der Waals surface area contributed by atoms with Crippen molar-refractivity contribution in [2.24, 2.45) is 0 Å². The fourth-order valence-electron chi connectivity index (χ4n) is 1.74. The summed E-state index contributed by atoms with van der Waals surface area (Å²) in [6.07, 6.45) is 3.59. The van der Waals surface area contributed by atoms with Crippen LogP contribution in [0.15, 0.2) is 42.5 Å². The van der Waals surface area contributed by atoms with Gasteiger partial charge in [-0.05, 0) is 5.56 Å². The summed E-state index contributed by atoms with van der Waals surface area (Å²) in [6, 6.07) is 10.3. The molecule has 0 spiro atoms. The van der Waals surface area contributed by atoms with Crippen molar-refractivity contribution in [2.45, 2.75) is 12.6 Å². The predicted molar refractivity (Wildman–Crippen MR) is 56.9 cm³/mol. The van der Waals surface area contributed by atoms with Gasteiger partial charge in [-0.1, -0.05) is 42.5 Å². The van der Waals surface area contributed by atoms with Gasteiger partial charge in [0.05, 0.1) is 6.10 Å². The normalized spacial score (nSPS) is 22.5. The average Bonchev–Trinajstić information content (AvgIpc) is 2.19. The van der Waals surface area contributed by atoms with Crippen LogP contribution in [0, 0.1) is 0 Å². The summed E-state index contributed by atoms with van der Waals surface area (Å²) < 4.78 is 0. The smallest absolute Gasteiger partial charge is 0.0848 e. The number of aliphatic hydroxyl groups is 1. The molecular formula is C12H15NO. The van der Waals surface area contributed by atoms with Gasteiger partial charge in [0.25, 0.3) is 0 Å². The Morgan fingerprint density at radius 3 is 2.79 bits per heavy atom. The number of nitrogens with zero attached hydrogens (tertiary/aromatic N) is 1. The molecule has 2 heteroatoms. The molecule has 0 fully saturated rings. The van der Waals surface area contributed by atoms with Gasteiger partial charge >= 0.3 is 0 Å². The molecule has 74 valence electrons. The van der Waals surface area contributed by atoms with Crippen LogP contribution in [-0.4, -0.2) is 29.2 Å². The lowest BCUT2D eigenvalue weighted by atomic mass is 10.1. The van der Waals surface area contributed by atoms with E-state index in [1.54, 1.807) is 0 Å². The fourth-order valence-corrected chi connectivity index (χ4v) is 1.74. The molecule has 0 saturated heterocycles. The van der Waals surface area contributed by atoms with Crippen molar-refractivity contribution in [3.05, 3.63) is 48.0 Å². The van der Waals surface area contributed by atoms with E-state index in [2.05, 4.69) is 17.0 Å². The molecule has 14 heavy (non-hydrogen) atoms. The Hall–Kier alpha value is -1.12. The van der Waals surface area contributed by atoms with Crippen molar-refractivity contribution in [3.63, 3.8) is 0 Å². The molecular weight excluding hydrogens is 174 g/mol. The minimum absolute atomic E-state index is 0.299. The summed E-state index contributed by atoms with van der Waals surface area (Å²) in [7, 11) is 0. The maximum atomic E-state index is 9.43. The second kappa shape index (κ2) is 4.40. The van der Waals surface area contributed by atoms with Crippen molar-refractivity contribution in [1.82, 2.24) is 4.90 Å². The third-order valence-corrected chi connectivity index (χ3v) is 2.42. The molecule has 1 N–H and O–H groups in total. The standard InChI is InChI=1S/C12H15NO/c14-12-7-4-8-13(10-12)9-11-5-2-1-3-6-11/h1-7,12,14H,8-10H2/t12-/m0/s1. The lowest BCUT2D eigenvalue weighted by Gasteiger charge is -2.25. The second-order valence-corrected chi connectivity index (χ2v) is 3.68. The highest BCUT2D eigenvalue weighted by Gasteiger charge is 2.12. The first-order valence-corrected chi connectivity index (χ1v) is 4.95. The molecule has 1 aliphatic rings. The monoisotopic (exact) mass is 189 g/mol. The minimum Gasteiger partial charge on any atom is -0.388 e. The number of β-amino-alcohol motifs (C(OH)–C–C–N with tert-alkyl or cyclic N) is 1. The van der Waals surface area contributed by atoms with Gasteiger partial charge in [-0.25, -0.2) is 0 Å². The van der Waals surface area contributed by atoms with Crippen LogP contribution >= 0.6 is 0 Å². The van der Waals surface area contributed by atoms with Crippen LogP contribution < -0.4 is 0 Å². The van der Waals surface area contributed by atoms with Crippen LogP contribution in [0.2, 0.25) is 0 Å². The summed E-state index contributed by atoms with van der Waals surface area (Å²) in [5.41, 5.74) is 1.30. The van der Waals surface area contributed by atoms with Gasteiger partial charge < -0.3 is 5.11 Å². The number of hydrogen-bond acceptors (Lipinski definition) is 2. The molecule has 1 heterocycles. The lowest BCUT2D eigenvalue weighted by molar-refractivity contribution is 0.140. The molecule has 0 amide bonds. The molecule has 2 rings (SSSR count). The van der Waals surface area contributed by atoms with Crippen LogP contribution in [-0.2, 0) is 6.54 Å². The molecule has 1 atom stereocenters. The van der Waals surface area contributed by atoms with E-state index < -0.39 is 0 Å². The maximum Gasteiger partial charge on any atom is 0.0848 e. The molecule has 0 unspecified atom stereocenters. The van der Waals surface area contributed by atoms with Gasteiger partial charge in [0.2, 0.25) is 0 Å². The first-order chi connectivity index (χ1) is 6.84. The van der Waals surface area contributed by atoms with Gasteiger partial charge in [0, 0.05) is 19.6 Å². The van der Waals surface area contributed by atoms with Gasteiger partial charge in [-0.3, -0.25) is 4.90 Å². The van der Waals surface area contributed by atoms with E-state index in [-0.39, 0.29) is 6.10 Å². The predicted octanol–water partition coefficient (Wildman–Crippen LogP) is 1.42. The van der Waals surface area contributed by atoms with Crippen molar-refractivity contribution in [1.29, 1.82) is 0 Å². The molecule has 0 aliphatic carbocycles. The fraction of sp³-hybridized carbons (Fsp3) is 0.333. The Kier molecular flexibility index (Phi) is 2.96. The quantitative estimate of drug-likeness (QED) is 0.711. The third-order valence-electron chi connectivity index (χ3n) is 2.42. The van der Waals surface area contributed by atoms with E-state index in [0.717, 1.165) is 19.6 Å². The van der Waals surface area contributed by atoms with Crippen molar-refractivity contribution in [3.8, 4) is 0 Å². The molecule has 2 nitrogen and oxygen atoms in total. The Morgan fingerprint density at radius 1 is 1.29 bits per heavy atom. The highest BCUT2D eigenvalue weighted by atomic mass is 16.3. The maximum absolute atomic E-state index is 9.43. The zero-order valence-electron chi connectivity index (χ0n) is 8.13. The van der Waals surface area contributed by atoms with E-state index in [1.807, 2.05) is 30.4 Å². The summed E-state index contributed by atoms with van der Waals surface area (Å²) in [5.74, 6) is 0. The summed E-state index contributed by atoms with van der Waals surface area (Å²) in [6.45, 7) is 2.60. The summed E-state index contributed by atoms with van der Waals surface area (Å²) >= 11 is 0. The topological polar surface area (TPSA) is 23.5 Å². The van der Waals surface area contributed by atoms with Crippen LogP contribution in [0.1, 0.15) is 5.56 Å². The summed E-state index contributed by atoms with van der Waals surface area (Å²) in [4.78, 5) is 2.24. The minimum atomic E-state index is -0.299. The Balaban J connectivity index is 1.96. The van der Waals surface area contributed by atoms with E-state index in [4.69, 9.17) is 0 Å². The Bertz CT molecular complexity index is 307. The molecule has 0 bridgehead atoms. The van der Waals surface area contributed by atoms with Crippen molar-refractivity contribution in [2.75, 3.05) is 13.1 Å². The van der Waals surface area contributed by atoms with E-state index in [0.29, 0.717) is 0 Å². The molecule has 1 aliphatic heterocycles. The van der Waals surface area contributed by atoms with Crippen LogP contribution in [0.5, 0.6) is 0 Å². The third kappa shape index (κ3) is 2.44. The molecule has 0 radical (unpaired) electrons. The molecule has 1 aromatic carbocycles. The zero-order valence-corrected chi connectivity index (χ0v) is 8.13. The van der Waals surface area contributed by atoms with Gasteiger partial charge in [0.15, 0.2) is 0 Å². The van der Waals surface area contributed by atoms with E-state index in [9.17, 15) is 5.11 Å². The zero-order chi connectivity index (χ0) is 9.80. The highest BCUT2D eigenvalue weighted by molar-refractivity contribution is 5.15. The highest BCUT2D eigenvalue weighted by Crippen LogP contribution is 2.08. The van der Waals surface area contributed by atoms with Crippen LogP contribution in [0.4, 0.5) is 0 Å². The Labute approximate surface area is 84.5 Å². The first kappa shape index (κ1) is 9.44. The molecule has 0 aromatic heterocycles. The van der Waals surface area contributed by atoms with Crippen LogP contribution in [0.25, 0.3) is 0 Å². The molecule has 1 aromatic rings. The van der Waals surface area contributed by atoms with Crippen LogP contribution in [0.3, 0.4) is 0 Å². The lowest BCUT2D eigenvalue weighted by Crippen LogP contribution is -2.34. The van der Waals surface area contributed by atoms with Crippen molar-refractivity contribution < 1.29 is 5.11 Å². The average molecular weight is 189 g/mol. The van der Waals surface area contributed by atoms with Gasteiger partial charge in [0.1, 0.15) is 0 Å². The van der Waals surface area contributed by atoms with Gasteiger partial charge in [-0.2, -0.15) is 0 Å². The SMILES string of the molecule is O[C@H]1C=CCN(Cc2ccccc2)C1.